The number of hydrogen-bond acceptors (Lipinski definition) is 5. The summed E-state index contributed by atoms with van der Waals surface area (Å²) >= 11 is 1.40. The van der Waals surface area contributed by atoms with Crippen molar-refractivity contribution in [1.29, 1.82) is 0 Å². The quantitative estimate of drug-likeness (QED) is 0.741. The second-order valence-corrected chi connectivity index (χ2v) is 9.07. The fourth-order valence-electron chi connectivity index (χ4n) is 4.27. The summed E-state index contributed by atoms with van der Waals surface area (Å²) in [6, 6.07) is 14.3. The summed E-state index contributed by atoms with van der Waals surface area (Å²) in [5.41, 5.74) is 4.48. The van der Waals surface area contributed by atoms with Crippen LogP contribution in [0.3, 0.4) is 0 Å². The number of ether oxygens (including phenoxy) is 1. The maximum absolute atomic E-state index is 12.8. The van der Waals surface area contributed by atoms with Crippen LogP contribution in [-0.4, -0.2) is 57.8 Å². The highest BCUT2D eigenvalue weighted by Gasteiger charge is 2.41. The number of fused-ring (bicyclic) bond motifs is 3. The molecule has 8 heteroatoms. The van der Waals surface area contributed by atoms with Gasteiger partial charge in [-0.2, -0.15) is 0 Å². The molecule has 0 aromatic heterocycles. The largest absolute Gasteiger partial charge is 0.480 e. The van der Waals surface area contributed by atoms with E-state index < -0.39 is 30.1 Å². The normalized spacial score (nSPS) is 20.6. The number of nitrogens with one attached hydrogen (secondary N) is 1. The van der Waals surface area contributed by atoms with Gasteiger partial charge in [-0.1, -0.05) is 48.5 Å². The summed E-state index contributed by atoms with van der Waals surface area (Å²) in [5, 5.41) is 11.7. The number of hydrogen-bond donors (Lipinski definition) is 2. The van der Waals surface area contributed by atoms with Crippen molar-refractivity contribution in [2.45, 2.75) is 37.2 Å². The Labute approximate surface area is 184 Å². The number of carbonyl (C=O) groups is 3. The predicted molar refractivity (Wildman–Crippen MR) is 118 cm³/mol. The number of thioether (sulfide) groups is 1. The van der Waals surface area contributed by atoms with Gasteiger partial charge in [0.1, 0.15) is 18.7 Å². The average molecular weight is 441 g/mol. The lowest BCUT2D eigenvalue weighted by molar-refractivity contribution is -0.149. The van der Waals surface area contributed by atoms with Gasteiger partial charge in [-0.05, 0) is 36.1 Å². The van der Waals surface area contributed by atoms with Crippen LogP contribution in [0.1, 0.15) is 30.9 Å². The lowest BCUT2D eigenvalue weighted by Gasteiger charge is -2.28. The number of benzene rings is 2. The fourth-order valence-corrected chi connectivity index (χ4v) is 5.45. The Kier molecular flexibility index (Phi) is 5.91. The Hall–Kier alpha value is -3.00. The maximum Gasteiger partial charge on any atom is 0.407 e. The lowest BCUT2D eigenvalue weighted by Crippen LogP contribution is -2.53. The SMILES string of the molecule is CC(NC(=O)OCC1c2ccccc2-c2ccccc21)C(=O)N1C(C)SCC1C(=O)O. The second-order valence-electron chi connectivity index (χ2n) is 7.72. The van der Waals surface area contributed by atoms with Crippen molar-refractivity contribution in [3.05, 3.63) is 59.7 Å². The Morgan fingerprint density at radius 3 is 2.29 bits per heavy atom. The molecule has 1 fully saturated rings. The van der Waals surface area contributed by atoms with E-state index in [-0.39, 0.29) is 17.9 Å². The van der Waals surface area contributed by atoms with Gasteiger partial charge in [0.15, 0.2) is 0 Å². The van der Waals surface area contributed by atoms with Gasteiger partial charge < -0.3 is 20.1 Å². The molecule has 4 rings (SSSR count). The molecule has 2 amide bonds. The van der Waals surface area contributed by atoms with Gasteiger partial charge >= 0.3 is 12.1 Å². The topological polar surface area (TPSA) is 95.9 Å². The molecule has 31 heavy (non-hydrogen) atoms. The molecule has 0 saturated carbocycles. The van der Waals surface area contributed by atoms with Crippen LogP contribution in [0.25, 0.3) is 11.1 Å². The number of amides is 2. The molecule has 1 heterocycles. The van der Waals surface area contributed by atoms with Gasteiger partial charge in [-0.25, -0.2) is 9.59 Å². The fraction of sp³-hybridized carbons (Fsp3) is 0.348. The van der Waals surface area contributed by atoms with E-state index in [1.807, 2.05) is 36.4 Å². The van der Waals surface area contributed by atoms with Crippen LogP contribution in [0, 0.1) is 0 Å². The minimum atomic E-state index is -1.04. The van der Waals surface area contributed by atoms with E-state index in [1.54, 1.807) is 13.8 Å². The molecule has 2 aromatic carbocycles. The zero-order valence-electron chi connectivity index (χ0n) is 17.3. The number of carboxylic acid groups (broad SMARTS) is 1. The van der Waals surface area contributed by atoms with Crippen molar-refractivity contribution in [2.75, 3.05) is 12.4 Å². The van der Waals surface area contributed by atoms with E-state index in [4.69, 9.17) is 4.74 Å². The first-order valence-corrected chi connectivity index (χ1v) is 11.2. The number of carbonyl (C=O) groups excluding carboxylic acids is 2. The van der Waals surface area contributed by atoms with E-state index in [1.165, 1.54) is 16.7 Å². The van der Waals surface area contributed by atoms with Crippen LogP contribution in [0.15, 0.2) is 48.5 Å². The first kappa shape index (κ1) is 21.2. The maximum atomic E-state index is 12.8. The Morgan fingerprint density at radius 1 is 1.13 bits per heavy atom. The van der Waals surface area contributed by atoms with Gasteiger partial charge in [0.2, 0.25) is 5.91 Å². The standard InChI is InChI=1S/C23H24N2O5S/c1-13(21(26)25-14(2)31-12-20(25)22(27)28)24-23(29)30-11-19-17-9-5-3-7-15(17)16-8-4-6-10-18(16)19/h3-10,13-14,19-20H,11-12H2,1-2H3,(H,24,29)(H,27,28). The summed E-state index contributed by atoms with van der Waals surface area (Å²) in [5.74, 6) is -1.22. The van der Waals surface area contributed by atoms with E-state index in [2.05, 4.69) is 17.4 Å². The number of aliphatic carboxylic acids is 1. The van der Waals surface area contributed by atoms with Crippen LogP contribution in [0.4, 0.5) is 4.79 Å². The summed E-state index contributed by atoms with van der Waals surface area (Å²) in [6.45, 7) is 3.47. The van der Waals surface area contributed by atoms with Gasteiger partial charge in [-0.15, -0.1) is 11.8 Å². The van der Waals surface area contributed by atoms with Crippen molar-refractivity contribution in [3.63, 3.8) is 0 Å². The van der Waals surface area contributed by atoms with Crippen molar-refractivity contribution < 1.29 is 24.2 Å². The third-order valence-corrected chi connectivity index (χ3v) is 7.03. The smallest absolute Gasteiger partial charge is 0.407 e. The van der Waals surface area contributed by atoms with Crippen molar-refractivity contribution in [1.82, 2.24) is 10.2 Å². The summed E-state index contributed by atoms with van der Waals surface area (Å²) in [7, 11) is 0. The highest BCUT2D eigenvalue weighted by atomic mass is 32.2. The summed E-state index contributed by atoms with van der Waals surface area (Å²) in [6.07, 6.45) is -0.700. The Bertz CT molecular complexity index is 981. The summed E-state index contributed by atoms with van der Waals surface area (Å²) in [4.78, 5) is 38.0. The Morgan fingerprint density at radius 2 is 1.71 bits per heavy atom. The lowest BCUT2D eigenvalue weighted by atomic mass is 9.98. The molecular weight excluding hydrogens is 416 g/mol. The van der Waals surface area contributed by atoms with Gasteiger partial charge in [0.25, 0.3) is 0 Å². The van der Waals surface area contributed by atoms with Crippen LogP contribution in [0.2, 0.25) is 0 Å². The number of alkyl carbamates (subject to hydrolysis) is 1. The molecule has 1 aliphatic heterocycles. The van der Waals surface area contributed by atoms with Crippen LogP contribution in [-0.2, 0) is 14.3 Å². The molecule has 162 valence electrons. The molecule has 2 aromatic rings. The first-order valence-electron chi connectivity index (χ1n) is 10.2. The Balaban J connectivity index is 1.40. The zero-order chi connectivity index (χ0) is 22.1. The van der Waals surface area contributed by atoms with Crippen LogP contribution < -0.4 is 5.32 Å². The molecule has 2 aliphatic rings. The highest BCUT2D eigenvalue weighted by Crippen LogP contribution is 2.44. The van der Waals surface area contributed by atoms with Gasteiger partial charge in [-0.3, -0.25) is 4.79 Å². The minimum absolute atomic E-state index is 0.0736. The van der Waals surface area contributed by atoms with Gasteiger partial charge in [0.05, 0.1) is 5.37 Å². The molecule has 3 atom stereocenters. The molecule has 0 bridgehead atoms. The molecule has 2 N–H and O–H groups in total. The van der Waals surface area contributed by atoms with Crippen molar-refractivity contribution in [3.8, 4) is 11.1 Å². The molecule has 3 unspecified atom stereocenters. The first-order chi connectivity index (χ1) is 14.9. The molecule has 7 nitrogen and oxygen atoms in total. The van der Waals surface area contributed by atoms with Crippen LogP contribution in [0.5, 0.6) is 0 Å². The second kappa shape index (κ2) is 8.63. The summed E-state index contributed by atoms with van der Waals surface area (Å²) < 4.78 is 5.48. The predicted octanol–water partition coefficient (Wildman–Crippen LogP) is 3.29. The highest BCUT2D eigenvalue weighted by molar-refractivity contribution is 8.00. The molecule has 1 aliphatic carbocycles. The molecule has 1 saturated heterocycles. The zero-order valence-corrected chi connectivity index (χ0v) is 18.1. The molecule has 0 radical (unpaired) electrons. The van der Waals surface area contributed by atoms with Crippen molar-refractivity contribution >= 4 is 29.7 Å². The third kappa shape index (κ3) is 3.99. The number of rotatable bonds is 5. The average Bonchev–Trinajstić information content (AvgIpc) is 3.30. The van der Waals surface area contributed by atoms with Crippen molar-refractivity contribution in [2.24, 2.45) is 0 Å². The van der Waals surface area contributed by atoms with Gasteiger partial charge in [0, 0.05) is 11.7 Å². The minimum Gasteiger partial charge on any atom is -0.480 e. The number of nitrogens with zero attached hydrogens (tertiary/aromatic N) is 1. The van der Waals surface area contributed by atoms with E-state index in [0.29, 0.717) is 5.75 Å². The third-order valence-electron chi connectivity index (χ3n) is 5.81. The monoisotopic (exact) mass is 440 g/mol. The van der Waals surface area contributed by atoms with E-state index >= 15 is 0 Å². The van der Waals surface area contributed by atoms with E-state index in [9.17, 15) is 19.5 Å². The number of carboxylic acids is 1. The van der Waals surface area contributed by atoms with Crippen LogP contribution >= 0.6 is 11.8 Å². The molecule has 0 spiro atoms. The molecular formula is C23H24N2O5S. The van der Waals surface area contributed by atoms with E-state index in [0.717, 1.165) is 22.3 Å².